The third kappa shape index (κ3) is 6.76. The largest absolute Gasteiger partial charge is 0.370 e. The smallest absolute Gasteiger partial charge is 0.221 e. The van der Waals surface area contributed by atoms with Gasteiger partial charge < -0.3 is 20.9 Å². The van der Waals surface area contributed by atoms with Crippen molar-refractivity contribution in [1.29, 1.82) is 0 Å². The van der Waals surface area contributed by atoms with E-state index in [1.165, 1.54) is 36.7 Å². The average molecular weight is 566 g/mol. The summed E-state index contributed by atoms with van der Waals surface area (Å²) >= 11 is 0. The summed E-state index contributed by atoms with van der Waals surface area (Å²) in [6.45, 7) is 3.58. The zero-order valence-corrected chi connectivity index (χ0v) is 24.3. The minimum absolute atomic E-state index is 0.0741. The van der Waals surface area contributed by atoms with Crippen molar-refractivity contribution in [3.63, 3.8) is 0 Å². The van der Waals surface area contributed by atoms with Crippen LogP contribution in [0.1, 0.15) is 45.4 Å². The van der Waals surface area contributed by atoms with Crippen LogP contribution in [-0.4, -0.2) is 62.3 Å². The lowest BCUT2D eigenvalue weighted by Crippen LogP contribution is -2.54. The molecule has 1 saturated heterocycles. The molecule has 2 aromatic heterocycles. The highest BCUT2D eigenvalue weighted by molar-refractivity contribution is 5.89. The lowest BCUT2D eigenvalue weighted by Gasteiger charge is -2.40. The van der Waals surface area contributed by atoms with Crippen LogP contribution < -0.4 is 20.9 Å². The van der Waals surface area contributed by atoms with Crippen molar-refractivity contribution in [3.8, 4) is 22.5 Å². The predicted octanol–water partition coefficient (Wildman–Crippen LogP) is 4.88. The van der Waals surface area contributed by atoms with Gasteiger partial charge in [-0.2, -0.15) is 4.80 Å². The molecule has 2 aliphatic rings. The van der Waals surface area contributed by atoms with Gasteiger partial charge in [0.2, 0.25) is 11.7 Å². The molecule has 0 radical (unpaired) electrons. The average Bonchev–Trinajstić information content (AvgIpc) is 3.44. The maximum atomic E-state index is 11.5. The van der Waals surface area contributed by atoms with Crippen molar-refractivity contribution < 1.29 is 4.79 Å². The fourth-order valence-corrected chi connectivity index (χ4v) is 6.23. The van der Waals surface area contributed by atoms with Crippen LogP contribution in [-0.2, 0) is 11.8 Å². The van der Waals surface area contributed by atoms with Gasteiger partial charge in [0.05, 0.1) is 7.05 Å². The topological polar surface area (TPSA) is 113 Å². The Morgan fingerprint density at radius 1 is 0.905 bits per heavy atom. The van der Waals surface area contributed by atoms with Gasteiger partial charge in [-0.1, -0.05) is 25.0 Å². The number of pyridine rings is 1. The molecule has 1 aliphatic heterocycles. The number of carbonyl (C=O) groups excluding carboxylic acids is 1. The SMILES string of the molecule is CC(=O)Nc1cccc(-c2ccnc(NC3CCCC[C@H]3N[C@H]3CCCN(c4ccc(-c5nnn(C)n5)cc4)C3)c2)c1. The molecule has 10 heteroatoms. The Balaban J connectivity index is 1.10. The first-order valence-corrected chi connectivity index (χ1v) is 15.0. The second-order valence-electron chi connectivity index (χ2n) is 11.4. The van der Waals surface area contributed by atoms with E-state index < -0.39 is 0 Å². The zero-order chi connectivity index (χ0) is 28.9. The minimum atomic E-state index is -0.0741. The number of amides is 1. The van der Waals surface area contributed by atoms with Crippen LogP contribution in [0.25, 0.3) is 22.5 Å². The molecule has 2 fully saturated rings. The normalized spacial score (nSPS) is 20.7. The molecule has 0 spiro atoms. The van der Waals surface area contributed by atoms with Crippen LogP contribution in [0.2, 0.25) is 0 Å². The van der Waals surface area contributed by atoms with Gasteiger partial charge in [-0.05, 0) is 90.6 Å². The molecule has 3 heterocycles. The van der Waals surface area contributed by atoms with E-state index >= 15 is 0 Å². The highest BCUT2D eigenvalue weighted by atomic mass is 16.1. The number of anilines is 3. The highest BCUT2D eigenvalue weighted by Crippen LogP contribution is 2.28. The first kappa shape index (κ1) is 27.8. The Morgan fingerprint density at radius 2 is 1.71 bits per heavy atom. The van der Waals surface area contributed by atoms with Gasteiger partial charge in [-0.15, -0.1) is 10.2 Å². The number of nitrogens with zero attached hydrogens (tertiary/aromatic N) is 6. The van der Waals surface area contributed by atoms with Gasteiger partial charge in [0.1, 0.15) is 5.82 Å². The summed E-state index contributed by atoms with van der Waals surface area (Å²) in [5, 5.41) is 23.1. The number of aryl methyl sites for hydroxylation is 1. The number of piperidine rings is 1. The number of hydrogen-bond donors (Lipinski definition) is 3. The molecule has 0 bridgehead atoms. The summed E-state index contributed by atoms with van der Waals surface area (Å²) in [6.07, 6.45) is 8.95. The van der Waals surface area contributed by atoms with E-state index in [0.29, 0.717) is 23.9 Å². The van der Waals surface area contributed by atoms with E-state index in [0.717, 1.165) is 60.5 Å². The van der Waals surface area contributed by atoms with E-state index in [-0.39, 0.29) is 5.91 Å². The second kappa shape index (κ2) is 12.7. The van der Waals surface area contributed by atoms with Gasteiger partial charge in [-0.3, -0.25) is 4.79 Å². The lowest BCUT2D eigenvalue weighted by molar-refractivity contribution is -0.114. The summed E-state index contributed by atoms with van der Waals surface area (Å²) < 4.78 is 0. The van der Waals surface area contributed by atoms with Crippen LogP contribution in [0.15, 0.2) is 66.9 Å². The lowest BCUT2D eigenvalue weighted by atomic mass is 9.89. The maximum Gasteiger partial charge on any atom is 0.221 e. The number of aromatic nitrogens is 5. The Bertz CT molecular complexity index is 1500. The number of carbonyl (C=O) groups is 1. The first-order valence-electron chi connectivity index (χ1n) is 15.0. The van der Waals surface area contributed by atoms with Crippen molar-refractivity contribution in [2.45, 2.75) is 63.6 Å². The van der Waals surface area contributed by atoms with Crippen molar-refractivity contribution in [3.05, 3.63) is 66.9 Å². The Hall–Kier alpha value is -4.31. The Labute approximate surface area is 246 Å². The highest BCUT2D eigenvalue weighted by Gasteiger charge is 2.29. The molecule has 1 unspecified atom stereocenters. The number of nitrogens with one attached hydrogen (secondary N) is 3. The van der Waals surface area contributed by atoms with Crippen molar-refractivity contribution in [2.75, 3.05) is 28.6 Å². The minimum Gasteiger partial charge on any atom is -0.370 e. The fraction of sp³-hybridized carbons (Fsp3) is 0.406. The molecule has 1 saturated carbocycles. The molecule has 10 nitrogen and oxygen atoms in total. The molecule has 2 aromatic carbocycles. The second-order valence-corrected chi connectivity index (χ2v) is 11.4. The Kier molecular flexibility index (Phi) is 8.41. The fourth-order valence-electron chi connectivity index (χ4n) is 6.23. The van der Waals surface area contributed by atoms with Crippen LogP contribution >= 0.6 is 0 Å². The maximum absolute atomic E-state index is 11.5. The summed E-state index contributed by atoms with van der Waals surface area (Å²) in [7, 11) is 1.78. The van der Waals surface area contributed by atoms with E-state index in [9.17, 15) is 4.79 Å². The predicted molar refractivity (Wildman–Crippen MR) is 166 cm³/mol. The van der Waals surface area contributed by atoms with Crippen LogP contribution in [0, 0.1) is 0 Å². The number of tetrazole rings is 1. The molecule has 3 N–H and O–H groups in total. The summed E-state index contributed by atoms with van der Waals surface area (Å²) in [4.78, 5) is 20.1. The monoisotopic (exact) mass is 565 g/mol. The van der Waals surface area contributed by atoms with Crippen LogP contribution in [0.4, 0.5) is 17.2 Å². The van der Waals surface area contributed by atoms with Crippen LogP contribution in [0.5, 0.6) is 0 Å². The molecular formula is C32H39N9O. The molecular weight excluding hydrogens is 526 g/mol. The number of benzene rings is 2. The number of hydrogen-bond acceptors (Lipinski definition) is 8. The quantitative estimate of drug-likeness (QED) is 0.277. The molecule has 1 amide bonds. The van der Waals surface area contributed by atoms with Crippen molar-refractivity contribution in [2.24, 2.45) is 7.05 Å². The van der Waals surface area contributed by atoms with E-state index in [1.54, 1.807) is 7.05 Å². The molecule has 4 aromatic rings. The molecule has 1 aliphatic carbocycles. The van der Waals surface area contributed by atoms with E-state index in [1.807, 2.05) is 30.5 Å². The van der Waals surface area contributed by atoms with Gasteiger partial charge in [-0.25, -0.2) is 4.98 Å². The zero-order valence-electron chi connectivity index (χ0n) is 24.3. The van der Waals surface area contributed by atoms with Crippen LogP contribution in [0.3, 0.4) is 0 Å². The molecule has 3 atom stereocenters. The summed E-state index contributed by atoms with van der Waals surface area (Å²) in [6, 6.07) is 21.7. The van der Waals surface area contributed by atoms with E-state index in [4.69, 9.17) is 0 Å². The van der Waals surface area contributed by atoms with Gasteiger partial charge >= 0.3 is 0 Å². The standard InChI is InChI=1S/C32H39N9O/c1-22(42)34-26-8-5-7-24(19-26)25-16-17-33-31(20-25)36-30-11-4-3-10-29(30)35-27-9-6-18-41(21-27)28-14-12-23(13-15-28)32-37-39-40(2)38-32/h5,7-8,12-17,19-20,27,29-30,35H,3-4,6,9-11,18,21H2,1-2H3,(H,33,36)(H,34,42)/t27-,29+,30?/m0/s1. The Morgan fingerprint density at radius 3 is 2.50 bits per heavy atom. The van der Waals surface area contributed by atoms with Gasteiger partial charge in [0, 0.05) is 61.3 Å². The van der Waals surface area contributed by atoms with E-state index in [2.05, 4.69) is 77.6 Å². The number of rotatable bonds is 8. The summed E-state index contributed by atoms with van der Waals surface area (Å²) in [5.41, 5.74) is 5.13. The third-order valence-corrected chi connectivity index (χ3v) is 8.25. The van der Waals surface area contributed by atoms with Crippen molar-refractivity contribution in [1.82, 2.24) is 30.5 Å². The molecule has 6 rings (SSSR count). The summed E-state index contributed by atoms with van der Waals surface area (Å²) in [5.74, 6) is 1.46. The third-order valence-electron chi connectivity index (χ3n) is 8.25. The molecule has 218 valence electrons. The first-order chi connectivity index (χ1) is 20.5. The van der Waals surface area contributed by atoms with Crippen molar-refractivity contribution >= 4 is 23.1 Å². The molecule has 42 heavy (non-hydrogen) atoms. The van der Waals surface area contributed by atoms with Gasteiger partial charge in [0.25, 0.3) is 0 Å². The van der Waals surface area contributed by atoms with Gasteiger partial charge in [0.15, 0.2) is 0 Å².